The molecule has 0 saturated heterocycles. The van der Waals surface area contributed by atoms with Gasteiger partial charge in [-0.2, -0.15) is 0 Å². The highest BCUT2D eigenvalue weighted by atomic mass is 16.5. The van der Waals surface area contributed by atoms with Gasteiger partial charge in [0.2, 0.25) is 0 Å². The molecule has 1 atom stereocenters. The highest BCUT2D eigenvalue weighted by molar-refractivity contribution is 5.23. The zero-order valence-electron chi connectivity index (χ0n) is 10.7. The number of ether oxygens (including phenoxy) is 1. The summed E-state index contributed by atoms with van der Waals surface area (Å²) in [7, 11) is 0. The summed E-state index contributed by atoms with van der Waals surface area (Å²) in [5.41, 5.74) is 2.49. The van der Waals surface area contributed by atoms with Crippen molar-refractivity contribution in [3.8, 4) is 0 Å². The number of rotatable bonds is 7. The number of hydrogen-bond donors (Lipinski definition) is 0. The number of aromatic nitrogens is 1. The lowest BCUT2D eigenvalue weighted by Crippen LogP contribution is -2.05. The quantitative estimate of drug-likeness (QED) is 0.696. The first-order chi connectivity index (χ1) is 7.83. The molecule has 1 aromatic heterocycles. The van der Waals surface area contributed by atoms with Gasteiger partial charge >= 0.3 is 0 Å². The lowest BCUT2D eigenvalue weighted by molar-refractivity contribution is 0.130. The first-order valence-corrected chi connectivity index (χ1v) is 6.34. The molecule has 0 aliphatic heterocycles. The van der Waals surface area contributed by atoms with Gasteiger partial charge in [0, 0.05) is 12.8 Å². The predicted molar refractivity (Wildman–Crippen MR) is 67.5 cm³/mol. The van der Waals surface area contributed by atoms with Crippen molar-refractivity contribution in [3.63, 3.8) is 0 Å². The molecule has 0 aliphatic rings. The Morgan fingerprint density at radius 1 is 1.31 bits per heavy atom. The number of nitrogens with zero attached hydrogens (tertiary/aromatic N) is 1. The summed E-state index contributed by atoms with van der Waals surface area (Å²) in [6, 6.07) is 4.23. The van der Waals surface area contributed by atoms with E-state index in [0.29, 0.717) is 12.5 Å². The van der Waals surface area contributed by atoms with Crippen LogP contribution in [0.5, 0.6) is 0 Å². The second-order valence-electron chi connectivity index (χ2n) is 4.07. The summed E-state index contributed by atoms with van der Waals surface area (Å²) in [5, 5.41) is 0. The first kappa shape index (κ1) is 13.2. The molecule has 90 valence electrons. The van der Waals surface area contributed by atoms with Crippen LogP contribution in [0.4, 0.5) is 0 Å². The summed E-state index contributed by atoms with van der Waals surface area (Å²) >= 11 is 0. The average Bonchev–Trinajstić information content (AvgIpc) is 2.34. The Hall–Kier alpha value is -0.890. The fraction of sp³-hybridized carbons (Fsp3) is 0.643. The Morgan fingerprint density at radius 2 is 2.12 bits per heavy atom. The van der Waals surface area contributed by atoms with E-state index >= 15 is 0 Å². The van der Waals surface area contributed by atoms with Gasteiger partial charge in [-0.05, 0) is 37.3 Å². The van der Waals surface area contributed by atoms with Crippen LogP contribution in [0.1, 0.15) is 57.2 Å². The number of hydrogen-bond acceptors (Lipinski definition) is 2. The molecule has 0 saturated carbocycles. The lowest BCUT2D eigenvalue weighted by atomic mass is 9.91. The maximum Gasteiger partial charge on any atom is 0.0890 e. The summed E-state index contributed by atoms with van der Waals surface area (Å²) in [6.45, 7) is 7.90. The minimum absolute atomic E-state index is 0.633. The zero-order valence-corrected chi connectivity index (χ0v) is 10.7. The highest BCUT2D eigenvalue weighted by Crippen LogP contribution is 2.26. The van der Waals surface area contributed by atoms with Crippen molar-refractivity contribution < 1.29 is 4.74 Å². The van der Waals surface area contributed by atoms with E-state index in [2.05, 4.69) is 24.9 Å². The third-order valence-electron chi connectivity index (χ3n) is 2.94. The van der Waals surface area contributed by atoms with E-state index in [9.17, 15) is 0 Å². The van der Waals surface area contributed by atoms with Gasteiger partial charge in [-0.25, -0.2) is 0 Å². The van der Waals surface area contributed by atoms with Crippen molar-refractivity contribution in [1.82, 2.24) is 4.98 Å². The van der Waals surface area contributed by atoms with Crippen LogP contribution in [0.2, 0.25) is 0 Å². The van der Waals surface area contributed by atoms with Crippen LogP contribution in [0.25, 0.3) is 0 Å². The van der Waals surface area contributed by atoms with Gasteiger partial charge in [-0.3, -0.25) is 4.98 Å². The molecule has 0 amide bonds. The molecule has 0 spiro atoms. The van der Waals surface area contributed by atoms with Gasteiger partial charge in [-0.15, -0.1) is 0 Å². The predicted octanol–water partition coefficient (Wildman–Crippen LogP) is 3.91. The normalized spacial score (nSPS) is 12.7. The van der Waals surface area contributed by atoms with E-state index in [1.807, 2.05) is 19.2 Å². The molecule has 1 unspecified atom stereocenters. The van der Waals surface area contributed by atoms with Crippen LogP contribution in [0.3, 0.4) is 0 Å². The molecule has 0 aliphatic carbocycles. The maximum atomic E-state index is 5.47. The van der Waals surface area contributed by atoms with Gasteiger partial charge in [0.15, 0.2) is 0 Å². The molecule has 0 aromatic carbocycles. The van der Waals surface area contributed by atoms with E-state index in [-0.39, 0.29) is 0 Å². The molecule has 1 rings (SSSR count). The molecule has 16 heavy (non-hydrogen) atoms. The second kappa shape index (κ2) is 7.39. The fourth-order valence-electron chi connectivity index (χ4n) is 2.07. The van der Waals surface area contributed by atoms with Gasteiger partial charge in [0.25, 0.3) is 0 Å². The molecule has 0 fully saturated rings. The van der Waals surface area contributed by atoms with Crippen LogP contribution >= 0.6 is 0 Å². The molecule has 1 aromatic rings. The third-order valence-corrected chi connectivity index (χ3v) is 2.94. The van der Waals surface area contributed by atoms with Gasteiger partial charge in [-0.1, -0.05) is 26.3 Å². The summed E-state index contributed by atoms with van der Waals surface area (Å²) in [5.74, 6) is 0.633. The molecule has 0 N–H and O–H groups in total. The minimum Gasteiger partial charge on any atom is -0.375 e. The Labute approximate surface area is 99.0 Å². The molecular weight excluding hydrogens is 198 g/mol. The van der Waals surface area contributed by atoms with Crippen LogP contribution in [0.15, 0.2) is 18.3 Å². The Morgan fingerprint density at radius 3 is 2.75 bits per heavy atom. The summed E-state index contributed by atoms with van der Waals surface area (Å²) in [6.07, 6.45) is 5.50. The second-order valence-corrected chi connectivity index (χ2v) is 4.07. The van der Waals surface area contributed by atoms with Crippen molar-refractivity contribution in [1.29, 1.82) is 0 Å². The van der Waals surface area contributed by atoms with Crippen LogP contribution in [0, 0.1) is 0 Å². The molecular formula is C14H23NO. The first-order valence-electron chi connectivity index (χ1n) is 6.34. The van der Waals surface area contributed by atoms with Crippen LogP contribution in [-0.2, 0) is 11.3 Å². The Bertz CT molecular complexity index is 299. The molecule has 2 heteroatoms. The van der Waals surface area contributed by atoms with Crippen molar-refractivity contribution in [2.75, 3.05) is 6.61 Å². The summed E-state index contributed by atoms with van der Waals surface area (Å²) < 4.78 is 5.47. The molecule has 2 nitrogen and oxygen atoms in total. The van der Waals surface area contributed by atoms with E-state index in [1.165, 1.54) is 24.8 Å². The molecule has 0 bridgehead atoms. The maximum absolute atomic E-state index is 5.47. The van der Waals surface area contributed by atoms with Gasteiger partial charge in [0.1, 0.15) is 0 Å². The lowest BCUT2D eigenvalue weighted by Gasteiger charge is -2.17. The number of pyridine rings is 1. The standard InChI is InChI=1S/C14H23NO/c1-4-8-12(5-2)13-9-7-10-15-14(13)11-16-6-3/h7,9-10,12H,4-6,8,11H2,1-3H3. The van der Waals surface area contributed by atoms with Crippen molar-refractivity contribution in [2.24, 2.45) is 0 Å². The fourth-order valence-corrected chi connectivity index (χ4v) is 2.07. The summed E-state index contributed by atoms with van der Waals surface area (Å²) in [4.78, 5) is 4.44. The van der Waals surface area contributed by atoms with E-state index in [4.69, 9.17) is 4.74 Å². The zero-order chi connectivity index (χ0) is 11.8. The van der Waals surface area contributed by atoms with Crippen molar-refractivity contribution in [2.45, 2.75) is 52.6 Å². The van der Waals surface area contributed by atoms with Crippen molar-refractivity contribution >= 4 is 0 Å². The SMILES string of the molecule is CCCC(CC)c1cccnc1COCC. The van der Waals surface area contributed by atoms with Crippen molar-refractivity contribution in [3.05, 3.63) is 29.6 Å². The van der Waals surface area contributed by atoms with E-state index in [1.54, 1.807) is 0 Å². The topological polar surface area (TPSA) is 22.1 Å². The average molecular weight is 221 g/mol. The third kappa shape index (κ3) is 3.60. The van der Waals surface area contributed by atoms with Gasteiger partial charge < -0.3 is 4.74 Å². The van der Waals surface area contributed by atoms with E-state index in [0.717, 1.165) is 12.3 Å². The minimum atomic E-state index is 0.633. The monoisotopic (exact) mass is 221 g/mol. The molecule has 1 heterocycles. The van der Waals surface area contributed by atoms with Crippen LogP contribution in [-0.4, -0.2) is 11.6 Å². The molecule has 0 radical (unpaired) electrons. The van der Waals surface area contributed by atoms with E-state index < -0.39 is 0 Å². The Kier molecular flexibility index (Phi) is 6.09. The smallest absolute Gasteiger partial charge is 0.0890 e. The van der Waals surface area contributed by atoms with Gasteiger partial charge in [0.05, 0.1) is 12.3 Å². The largest absolute Gasteiger partial charge is 0.375 e. The highest BCUT2D eigenvalue weighted by Gasteiger charge is 2.13. The van der Waals surface area contributed by atoms with Crippen LogP contribution < -0.4 is 0 Å². The Balaban J connectivity index is 2.82.